The lowest BCUT2D eigenvalue weighted by Crippen LogP contribution is -2.31. The Morgan fingerprint density at radius 1 is 0.880 bits per heavy atom. The number of hydrogen-bond acceptors (Lipinski definition) is 4. The first-order valence-corrected chi connectivity index (χ1v) is 11.2. The predicted molar refractivity (Wildman–Crippen MR) is 106 cm³/mol. The predicted octanol–water partition coefficient (Wildman–Crippen LogP) is 3.53. The Kier molecular flexibility index (Phi) is 7.50. The van der Waals surface area contributed by atoms with Crippen molar-refractivity contribution in [2.75, 3.05) is 6.26 Å². The highest BCUT2D eigenvalue weighted by atomic mass is 32.2. The van der Waals surface area contributed by atoms with Gasteiger partial charge < -0.3 is 5.32 Å². The molecular weight excluding hydrogens is 352 g/mol. The maximum atomic E-state index is 11.9. The number of hydrogen-bond donors (Lipinski definition) is 2. The van der Waals surface area contributed by atoms with Crippen LogP contribution >= 0.6 is 11.8 Å². The molecule has 0 aliphatic rings. The van der Waals surface area contributed by atoms with Gasteiger partial charge in [-0.1, -0.05) is 36.4 Å². The highest BCUT2D eigenvalue weighted by Gasteiger charge is 2.12. The van der Waals surface area contributed by atoms with Crippen LogP contribution in [0.4, 0.5) is 0 Å². The molecule has 0 saturated heterocycles. The van der Waals surface area contributed by atoms with Crippen molar-refractivity contribution in [2.45, 2.75) is 43.6 Å². The molecule has 2 rings (SSSR count). The highest BCUT2D eigenvalue weighted by molar-refractivity contribution is 7.98. The SMILES string of the molecule is CSc1ccc(CNCc2ccc(CS(=O)(=O)NC(C)C)cc2)cc1. The maximum Gasteiger partial charge on any atom is 0.216 e. The van der Waals surface area contributed by atoms with Crippen molar-refractivity contribution in [1.82, 2.24) is 10.0 Å². The Bertz CT molecular complexity index is 755. The summed E-state index contributed by atoms with van der Waals surface area (Å²) in [5, 5.41) is 3.41. The average molecular weight is 379 g/mol. The third-order valence-corrected chi connectivity index (χ3v) is 5.90. The van der Waals surface area contributed by atoms with Gasteiger partial charge in [0.2, 0.25) is 10.0 Å². The number of thioether (sulfide) groups is 1. The minimum Gasteiger partial charge on any atom is -0.309 e. The molecule has 25 heavy (non-hydrogen) atoms. The Balaban J connectivity index is 1.83. The quantitative estimate of drug-likeness (QED) is 0.656. The van der Waals surface area contributed by atoms with Crippen LogP contribution in [0.25, 0.3) is 0 Å². The molecule has 0 spiro atoms. The van der Waals surface area contributed by atoms with Gasteiger partial charge in [-0.2, -0.15) is 0 Å². The van der Waals surface area contributed by atoms with Crippen molar-refractivity contribution in [3.63, 3.8) is 0 Å². The summed E-state index contributed by atoms with van der Waals surface area (Å²) < 4.78 is 26.5. The van der Waals surface area contributed by atoms with Crippen LogP contribution in [0.15, 0.2) is 53.4 Å². The van der Waals surface area contributed by atoms with Crippen molar-refractivity contribution in [2.24, 2.45) is 0 Å². The molecule has 2 N–H and O–H groups in total. The number of benzene rings is 2. The van der Waals surface area contributed by atoms with Crippen LogP contribution in [0.3, 0.4) is 0 Å². The van der Waals surface area contributed by atoms with Gasteiger partial charge in [0.25, 0.3) is 0 Å². The lowest BCUT2D eigenvalue weighted by Gasteiger charge is -2.10. The molecule has 4 nitrogen and oxygen atoms in total. The van der Waals surface area contributed by atoms with Gasteiger partial charge in [0, 0.05) is 24.0 Å². The second-order valence-corrected chi connectivity index (χ2v) is 8.93. The van der Waals surface area contributed by atoms with E-state index in [9.17, 15) is 8.42 Å². The fourth-order valence-corrected chi connectivity index (χ4v) is 4.31. The van der Waals surface area contributed by atoms with Crippen molar-refractivity contribution in [1.29, 1.82) is 0 Å². The molecule has 0 heterocycles. The van der Waals surface area contributed by atoms with Gasteiger partial charge in [0.15, 0.2) is 0 Å². The van der Waals surface area contributed by atoms with E-state index >= 15 is 0 Å². The number of rotatable bonds is 9. The molecular formula is C19H26N2O2S2. The van der Waals surface area contributed by atoms with Crippen LogP contribution in [-0.2, 0) is 28.9 Å². The molecule has 0 amide bonds. The van der Waals surface area contributed by atoms with Gasteiger partial charge in [0.1, 0.15) is 0 Å². The summed E-state index contributed by atoms with van der Waals surface area (Å²) in [5.74, 6) is 0.0146. The van der Waals surface area contributed by atoms with E-state index in [2.05, 4.69) is 40.6 Å². The lowest BCUT2D eigenvalue weighted by atomic mass is 10.1. The Morgan fingerprint density at radius 2 is 1.36 bits per heavy atom. The van der Waals surface area contributed by atoms with Crippen molar-refractivity contribution < 1.29 is 8.42 Å². The molecule has 2 aromatic rings. The molecule has 6 heteroatoms. The summed E-state index contributed by atoms with van der Waals surface area (Å²) in [6.45, 7) is 5.20. The first kappa shape index (κ1) is 20.0. The zero-order valence-electron chi connectivity index (χ0n) is 15.0. The van der Waals surface area contributed by atoms with Gasteiger partial charge in [0.05, 0.1) is 5.75 Å². The Labute approximate surface area is 155 Å². The fraction of sp³-hybridized carbons (Fsp3) is 0.368. The maximum absolute atomic E-state index is 11.9. The molecule has 0 unspecified atom stereocenters. The van der Waals surface area contributed by atoms with E-state index in [1.165, 1.54) is 10.5 Å². The van der Waals surface area contributed by atoms with Gasteiger partial charge >= 0.3 is 0 Å². The zero-order valence-corrected chi connectivity index (χ0v) is 16.6. The summed E-state index contributed by atoms with van der Waals surface area (Å²) >= 11 is 1.74. The zero-order chi connectivity index (χ0) is 18.3. The number of sulfonamides is 1. The molecule has 0 aliphatic carbocycles. The molecule has 136 valence electrons. The topological polar surface area (TPSA) is 58.2 Å². The van der Waals surface area contributed by atoms with Gasteiger partial charge in [-0.25, -0.2) is 13.1 Å². The second-order valence-electron chi connectivity index (χ2n) is 6.30. The van der Waals surface area contributed by atoms with E-state index in [-0.39, 0.29) is 11.8 Å². The largest absolute Gasteiger partial charge is 0.309 e. The summed E-state index contributed by atoms with van der Waals surface area (Å²) in [5.41, 5.74) is 3.18. The third kappa shape index (κ3) is 7.20. The molecule has 0 aliphatic heterocycles. The van der Waals surface area contributed by atoms with Crippen LogP contribution in [-0.4, -0.2) is 20.7 Å². The standard InChI is InChI=1S/C19H26N2O2S2/c1-15(2)21-25(22,23)14-18-6-4-16(5-7-18)12-20-13-17-8-10-19(24-3)11-9-17/h4-11,15,20-21H,12-14H2,1-3H3. The third-order valence-electron chi connectivity index (χ3n) is 3.61. The van der Waals surface area contributed by atoms with E-state index in [1.807, 2.05) is 38.1 Å². The molecule has 0 saturated carbocycles. The van der Waals surface area contributed by atoms with Crippen LogP contribution in [0.1, 0.15) is 30.5 Å². The van der Waals surface area contributed by atoms with Crippen molar-refractivity contribution in [3.8, 4) is 0 Å². The lowest BCUT2D eigenvalue weighted by molar-refractivity contribution is 0.569. The Morgan fingerprint density at radius 3 is 1.84 bits per heavy atom. The fourth-order valence-electron chi connectivity index (χ4n) is 2.47. The molecule has 0 aromatic heterocycles. The van der Waals surface area contributed by atoms with E-state index < -0.39 is 10.0 Å². The highest BCUT2D eigenvalue weighted by Crippen LogP contribution is 2.15. The first-order chi connectivity index (χ1) is 11.9. The summed E-state index contributed by atoms with van der Waals surface area (Å²) in [6, 6.07) is 16.1. The van der Waals surface area contributed by atoms with E-state index in [4.69, 9.17) is 0 Å². The van der Waals surface area contributed by atoms with Gasteiger partial charge in [-0.3, -0.25) is 0 Å². The smallest absolute Gasteiger partial charge is 0.216 e. The van der Waals surface area contributed by atoms with E-state index in [0.29, 0.717) is 0 Å². The summed E-state index contributed by atoms with van der Waals surface area (Å²) in [6.07, 6.45) is 2.07. The van der Waals surface area contributed by atoms with Crippen molar-refractivity contribution >= 4 is 21.8 Å². The summed E-state index contributed by atoms with van der Waals surface area (Å²) in [7, 11) is -3.27. The second kappa shape index (κ2) is 9.38. The Hall–Kier alpha value is -1.34. The first-order valence-electron chi connectivity index (χ1n) is 8.29. The normalized spacial score (nSPS) is 11.8. The minimum atomic E-state index is -3.27. The molecule has 0 atom stereocenters. The molecule has 0 fully saturated rings. The average Bonchev–Trinajstić information content (AvgIpc) is 2.55. The van der Waals surface area contributed by atoms with Crippen LogP contribution < -0.4 is 10.0 Å². The summed E-state index contributed by atoms with van der Waals surface area (Å²) in [4.78, 5) is 1.27. The monoisotopic (exact) mass is 378 g/mol. The number of nitrogens with one attached hydrogen (secondary N) is 2. The van der Waals surface area contributed by atoms with E-state index in [1.54, 1.807) is 11.8 Å². The van der Waals surface area contributed by atoms with Crippen LogP contribution in [0.2, 0.25) is 0 Å². The van der Waals surface area contributed by atoms with Crippen LogP contribution in [0.5, 0.6) is 0 Å². The minimum absolute atomic E-state index is 0.0146. The molecule has 2 aromatic carbocycles. The van der Waals surface area contributed by atoms with Gasteiger partial charge in [-0.05, 0) is 48.9 Å². The molecule has 0 bridgehead atoms. The van der Waals surface area contributed by atoms with E-state index in [0.717, 1.165) is 24.2 Å². The van der Waals surface area contributed by atoms with Gasteiger partial charge in [-0.15, -0.1) is 11.8 Å². The van der Waals surface area contributed by atoms with Crippen molar-refractivity contribution in [3.05, 3.63) is 65.2 Å². The van der Waals surface area contributed by atoms with Crippen LogP contribution in [0, 0.1) is 0 Å². The molecule has 0 radical (unpaired) electrons.